The SMILES string of the molecule is Cc1cccc(N2CCN(C(=O)C3CC(F)(F)CN3)CC2)c1C. The quantitative estimate of drug-likeness (QED) is 0.904. The van der Waals surface area contributed by atoms with Crippen molar-refractivity contribution in [3.05, 3.63) is 29.3 Å². The van der Waals surface area contributed by atoms with Crippen molar-refractivity contribution < 1.29 is 13.6 Å². The zero-order valence-electron chi connectivity index (χ0n) is 13.6. The summed E-state index contributed by atoms with van der Waals surface area (Å²) < 4.78 is 26.5. The van der Waals surface area contributed by atoms with E-state index in [0.717, 1.165) is 13.1 Å². The van der Waals surface area contributed by atoms with Crippen molar-refractivity contribution >= 4 is 11.6 Å². The summed E-state index contributed by atoms with van der Waals surface area (Å²) in [5, 5.41) is 2.65. The van der Waals surface area contributed by atoms with Gasteiger partial charge in [-0.2, -0.15) is 0 Å². The standard InChI is InChI=1S/C17H23F2N3O/c1-12-4-3-5-15(13(12)2)21-6-8-22(9-7-21)16(23)14-10-17(18,19)11-20-14/h3-5,14,20H,6-11H2,1-2H3. The van der Waals surface area contributed by atoms with Gasteiger partial charge < -0.3 is 9.80 Å². The monoisotopic (exact) mass is 323 g/mol. The molecule has 2 saturated heterocycles. The van der Waals surface area contributed by atoms with Crippen molar-refractivity contribution in [1.82, 2.24) is 10.2 Å². The van der Waals surface area contributed by atoms with E-state index in [1.54, 1.807) is 4.90 Å². The summed E-state index contributed by atoms with van der Waals surface area (Å²) in [6.45, 7) is 6.42. The van der Waals surface area contributed by atoms with E-state index < -0.39 is 18.5 Å². The first-order valence-corrected chi connectivity index (χ1v) is 8.08. The number of rotatable bonds is 2. The Morgan fingerprint density at radius 1 is 1.22 bits per heavy atom. The van der Waals surface area contributed by atoms with Gasteiger partial charge in [-0.1, -0.05) is 12.1 Å². The van der Waals surface area contributed by atoms with Crippen LogP contribution in [0.3, 0.4) is 0 Å². The van der Waals surface area contributed by atoms with Gasteiger partial charge in [0.25, 0.3) is 5.92 Å². The first kappa shape index (κ1) is 16.2. The summed E-state index contributed by atoms with van der Waals surface area (Å²) in [6, 6.07) is 5.49. The van der Waals surface area contributed by atoms with Crippen LogP contribution >= 0.6 is 0 Å². The smallest absolute Gasteiger partial charge is 0.262 e. The Balaban J connectivity index is 1.60. The predicted molar refractivity (Wildman–Crippen MR) is 86.1 cm³/mol. The summed E-state index contributed by atoms with van der Waals surface area (Å²) >= 11 is 0. The molecule has 0 saturated carbocycles. The second-order valence-corrected chi connectivity index (χ2v) is 6.52. The van der Waals surface area contributed by atoms with Crippen molar-refractivity contribution in [2.45, 2.75) is 32.2 Å². The molecule has 0 aliphatic carbocycles. The molecule has 3 rings (SSSR count). The van der Waals surface area contributed by atoms with E-state index in [1.165, 1.54) is 16.8 Å². The minimum atomic E-state index is -2.76. The molecule has 0 radical (unpaired) electrons. The predicted octanol–water partition coefficient (Wildman–Crippen LogP) is 1.95. The third kappa shape index (κ3) is 3.32. The number of nitrogens with zero attached hydrogens (tertiary/aromatic N) is 2. The number of carbonyl (C=O) groups is 1. The van der Waals surface area contributed by atoms with E-state index in [4.69, 9.17) is 0 Å². The van der Waals surface area contributed by atoms with E-state index in [1.807, 2.05) is 6.07 Å². The first-order chi connectivity index (χ1) is 10.9. The molecule has 4 nitrogen and oxygen atoms in total. The molecule has 1 aromatic carbocycles. The van der Waals surface area contributed by atoms with Gasteiger partial charge in [-0.3, -0.25) is 10.1 Å². The Morgan fingerprint density at radius 3 is 2.52 bits per heavy atom. The number of halogens is 2. The Bertz CT molecular complexity index is 598. The minimum absolute atomic E-state index is 0.192. The van der Waals surface area contributed by atoms with E-state index in [0.29, 0.717) is 13.1 Å². The lowest BCUT2D eigenvalue weighted by atomic mass is 10.1. The average Bonchev–Trinajstić information content (AvgIpc) is 2.90. The molecule has 2 fully saturated rings. The number of amides is 1. The van der Waals surface area contributed by atoms with Crippen LogP contribution in [0.4, 0.5) is 14.5 Å². The molecule has 1 atom stereocenters. The second kappa shape index (κ2) is 6.07. The molecule has 1 N–H and O–H groups in total. The van der Waals surface area contributed by atoms with Crippen molar-refractivity contribution in [2.24, 2.45) is 0 Å². The average molecular weight is 323 g/mol. The zero-order valence-corrected chi connectivity index (χ0v) is 13.6. The summed E-state index contributed by atoms with van der Waals surface area (Å²) in [7, 11) is 0. The van der Waals surface area contributed by atoms with E-state index in [9.17, 15) is 13.6 Å². The molecule has 126 valence electrons. The number of hydrogen-bond acceptors (Lipinski definition) is 3. The van der Waals surface area contributed by atoms with Crippen molar-refractivity contribution in [2.75, 3.05) is 37.6 Å². The van der Waals surface area contributed by atoms with Gasteiger partial charge in [0.15, 0.2) is 0 Å². The molecule has 0 bridgehead atoms. The van der Waals surface area contributed by atoms with Crippen LogP contribution in [0, 0.1) is 13.8 Å². The van der Waals surface area contributed by atoms with Crippen molar-refractivity contribution in [3.8, 4) is 0 Å². The van der Waals surface area contributed by atoms with Crippen LogP contribution in [0.2, 0.25) is 0 Å². The summed E-state index contributed by atoms with van der Waals surface area (Å²) in [6.07, 6.45) is -0.386. The second-order valence-electron chi connectivity index (χ2n) is 6.52. The maximum absolute atomic E-state index is 13.2. The highest BCUT2D eigenvalue weighted by Gasteiger charge is 2.43. The van der Waals surface area contributed by atoms with Crippen LogP contribution in [0.5, 0.6) is 0 Å². The first-order valence-electron chi connectivity index (χ1n) is 8.08. The third-order valence-corrected chi connectivity index (χ3v) is 4.92. The minimum Gasteiger partial charge on any atom is -0.368 e. The Hall–Kier alpha value is -1.69. The zero-order chi connectivity index (χ0) is 16.6. The summed E-state index contributed by atoms with van der Waals surface area (Å²) in [5.41, 5.74) is 3.70. The van der Waals surface area contributed by atoms with Gasteiger partial charge in [-0.25, -0.2) is 8.78 Å². The fourth-order valence-electron chi connectivity index (χ4n) is 3.36. The molecule has 0 spiro atoms. The molecule has 6 heteroatoms. The lowest BCUT2D eigenvalue weighted by Crippen LogP contribution is -2.53. The highest BCUT2D eigenvalue weighted by atomic mass is 19.3. The molecular formula is C17H23F2N3O. The van der Waals surface area contributed by atoms with Gasteiger partial charge in [-0.05, 0) is 31.0 Å². The molecule has 0 aromatic heterocycles. The van der Waals surface area contributed by atoms with Crippen LogP contribution in [-0.2, 0) is 4.79 Å². The van der Waals surface area contributed by atoms with Crippen LogP contribution in [0.1, 0.15) is 17.5 Å². The number of carbonyl (C=O) groups excluding carboxylic acids is 1. The van der Waals surface area contributed by atoms with E-state index in [2.05, 4.69) is 36.2 Å². The van der Waals surface area contributed by atoms with Gasteiger partial charge >= 0.3 is 0 Å². The lowest BCUT2D eigenvalue weighted by Gasteiger charge is -2.38. The number of piperazine rings is 1. The Kier molecular flexibility index (Phi) is 4.27. The van der Waals surface area contributed by atoms with Gasteiger partial charge in [0.1, 0.15) is 0 Å². The van der Waals surface area contributed by atoms with Crippen LogP contribution in [0.15, 0.2) is 18.2 Å². The normalized spacial score (nSPS) is 24.1. The van der Waals surface area contributed by atoms with Gasteiger partial charge in [0.2, 0.25) is 5.91 Å². The lowest BCUT2D eigenvalue weighted by molar-refractivity contribution is -0.134. The Morgan fingerprint density at radius 2 is 1.91 bits per heavy atom. The molecule has 1 unspecified atom stereocenters. The van der Waals surface area contributed by atoms with Crippen LogP contribution in [0.25, 0.3) is 0 Å². The van der Waals surface area contributed by atoms with E-state index in [-0.39, 0.29) is 12.3 Å². The van der Waals surface area contributed by atoms with Gasteiger partial charge in [-0.15, -0.1) is 0 Å². The highest BCUT2D eigenvalue weighted by molar-refractivity contribution is 5.82. The number of alkyl halides is 2. The molecule has 1 aromatic rings. The number of anilines is 1. The van der Waals surface area contributed by atoms with Gasteiger partial charge in [0.05, 0.1) is 12.6 Å². The third-order valence-electron chi connectivity index (χ3n) is 4.92. The summed E-state index contributed by atoms with van der Waals surface area (Å²) in [5.74, 6) is -2.95. The molecule has 23 heavy (non-hydrogen) atoms. The molecule has 2 aliphatic rings. The summed E-state index contributed by atoms with van der Waals surface area (Å²) in [4.78, 5) is 16.3. The van der Waals surface area contributed by atoms with Gasteiger partial charge in [0, 0.05) is 38.3 Å². The topological polar surface area (TPSA) is 35.6 Å². The molecule has 2 heterocycles. The fraction of sp³-hybridized carbons (Fsp3) is 0.588. The van der Waals surface area contributed by atoms with Crippen molar-refractivity contribution in [3.63, 3.8) is 0 Å². The molecule has 2 aliphatic heterocycles. The number of nitrogens with one attached hydrogen (secondary N) is 1. The fourth-order valence-corrected chi connectivity index (χ4v) is 3.36. The number of hydrogen-bond donors (Lipinski definition) is 1. The molecular weight excluding hydrogens is 300 g/mol. The van der Waals surface area contributed by atoms with Crippen LogP contribution in [-0.4, -0.2) is 55.5 Å². The van der Waals surface area contributed by atoms with E-state index >= 15 is 0 Å². The largest absolute Gasteiger partial charge is 0.368 e. The maximum Gasteiger partial charge on any atom is 0.262 e. The van der Waals surface area contributed by atoms with Crippen LogP contribution < -0.4 is 10.2 Å². The number of aryl methyl sites for hydroxylation is 1. The molecule has 1 amide bonds. The van der Waals surface area contributed by atoms with Crippen molar-refractivity contribution in [1.29, 1.82) is 0 Å². The number of benzene rings is 1. The Labute approximate surface area is 135 Å². The maximum atomic E-state index is 13.2. The highest BCUT2D eigenvalue weighted by Crippen LogP contribution is 2.27.